The summed E-state index contributed by atoms with van der Waals surface area (Å²) in [6.45, 7) is 10.0. The highest BCUT2D eigenvalue weighted by Crippen LogP contribution is 2.41. The molecule has 98 valence electrons. The summed E-state index contributed by atoms with van der Waals surface area (Å²) < 4.78 is 6.99. The lowest BCUT2D eigenvalue weighted by molar-refractivity contribution is 0.160. The third-order valence-corrected chi connectivity index (χ3v) is 5.22. The second-order valence-corrected chi connectivity index (χ2v) is 6.41. The van der Waals surface area contributed by atoms with E-state index in [4.69, 9.17) is 8.00 Å². The summed E-state index contributed by atoms with van der Waals surface area (Å²) in [5.74, 6) is 1.31. The van der Waals surface area contributed by atoms with Crippen LogP contribution in [0.3, 0.4) is 0 Å². The fourth-order valence-electron chi connectivity index (χ4n) is 3.25. The van der Waals surface area contributed by atoms with Crippen LogP contribution in [-0.4, -0.2) is 19.2 Å². The molecule has 18 heavy (non-hydrogen) atoms. The van der Waals surface area contributed by atoms with E-state index in [1.807, 2.05) is 11.3 Å². The Balaban J connectivity index is 1.89. The summed E-state index contributed by atoms with van der Waals surface area (Å²) in [5.41, 5.74) is 0. The highest BCUT2D eigenvalue weighted by atomic mass is 32.1. The Bertz CT molecular complexity index is 414. The van der Waals surface area contributed by atoms with E-state index >= 15 is 0 Å². The number of aliphatic hydroxyl groups is 1. The molecule has 1 aliphatic carbocycles. The monoisotopic (exact) mass is 264 g/mol. The molecule has 0 aliphatic heterocycles. The van der Waals surface area contributed by atoms with Gasteiger partial charge in [-0.3, -0.25) is 0 Å². The van der Waals surface area contributed by atoms with Crippen LogP contribution in [0.1, 0.15) is 31.1 Å². The quantitative estimate of drug-likeness (QED) is 0.780. The molecule has 1 aromatic rings. The summed E-state index contributed by atoms with van der Waals surface area (Å²) in [6, 6.07) is 4.41. The van der Waals surface area contributed by atoms with Crippen LogP contribution in [0, 0.1) is 24.3 Å². The van der Waals surface area contributed by atoms with E-state index in [1.165, 1.54) is 4.88 Å². The van der Waals surface area contributed by atoms with Crippen LogP contribution in [0.15, 0.2) is 17.5 Å². The van der Waals surface area contributed by atoms with Crippen LogP contribution in [0.25, 0.3) is 4.85 Å². The van der Waals surface area contributed by atoms with Gasteiger partial charge in [-0.15, -0.1) is 11.3 Å². The zero-order valence-electron chi connectivity index (χ0n) is 11.8. The van der Waals surface area contributed by atoms with Crippen molar-refractivity contribution in [1.29, 1.82) is 1.43 Å². The number of thiophene rings is 1. The number of aliphatic hydroxyl groups excluding tert-OH is 1. The molecule has 0 amide bonds. The largest absolute Gasteiger partial charge is 0.396 e. The number of hydrogen-bond acceptors (Lipinski definition) is 2. The van der Waals surface area contributed by atoms with Crippen molar-refractivity contribution < 1.29 is 5.11 Å². The molecule has 3 heteroatoms. The highest BCUT2D eigenvalue weighted by molar-refractivity contribution is 7.09. The van der Waals surface area contributed by atoms with Crippen molar-refractivity contribution >= 4 is 11.3 Å². The fourth-order valence-corrected chi connectivity index (χ4v) is 4.00. The predicted octanol–water partition coefficient (Wildman–Crippen LogP) is 3.62. The number of nitrogens with zero attached hydrogens (tertiary/aromatic N) is 1. The minimum atomic E-state index is 0.137. The Labute approximate surface area is 115 Å². The molecule has 1 saturated carbocycles. The lowest BCUT2D eigenvalue weighted by atomic mass is 9.86. The lowest BCUT2D eigenvalue weighted by Gasteiger charge is -2.19. The Morgan fingerprint density at radius 1 is 1.61 bits per heavy atom. The molecule has 1 fully saturated rings. The SMILES string of the molecule is [2H]OC[C@@H]1[C@@H](CCCc2cccs2)[C@H]([N+]#[C-])C[C@H]1C. The van der Waals surface area contributed by atoms with Crippen molar-refractivity contribution in [3.8, 4) is 0 Å². The van der Waals surface area contributed by atoms with Crippen LogP contribution in [-0.2, 0) is 6.42 Å². The second-order valence-electron chi connectivity index (χ2n) is 5.38. The van der Waals surface area contributed by atoms with Gasteiger partial charge in [-0.25, -0.2) is 6.57 Å². The zero-order valence-corrected chi connectivity index (χ0v) is 11.7. The van der Waals surface area contributed by atoms with Gasteiger partial charge in [0.25, 0.3) is 0 Å². The molecule has 1 aliphatic rings. The lowest BCUT2D eigenvalue weighted by Crippen LogP contribution is -2.21. The topological polar surface area (TPSA) is 24.6 Å². The first-order chi connectivity index (χ1) is 9.26. The van der Waals surface area contributed by atoms with E-state index in [-0.39, 0.29) is 6.04 Å². The van der Waals surface area contributed by atoms with Gasteiger partial charge in [0.15, 0.2) is 0 Å². The maximum absolute atomic E-state index is 7.36. The molecule has 0 spiro atoms. The normalized spacial score (nSPS) is 32.1. The van der Waals surface area contributed by atoms with E-state index in [9.17, 15) is 0 Å². The molecule has 0 radical (unpaired) electrons. The average Bonchev–Trinajstić information content (AvgIpc) is 3.01. The summed E-state index contributed by atoms with van der Waals surface area (Å²) in [6.07, 6.45) is 4.31. The van der Waals surface area contributed by atoms with Gasteiger partial charge in [-0.2, -0.15) is 0 Å². The van der Waals surface area contributed by atoms with E-state index < -0.39 is 0 Å². The molecular formula is C15H21NOS. The predicted molar refractivity (Wildman–Crippen MR) is 75.5 cm³/mol. The molecule has 2 nitrogen and oxygen atoms in total. The number of aryl methyl sites for hydroxylation is 1. The maximum atomic E-state index is 7.36. The van der Waals surface area contributed by atoms with Gasteiger partial charge in [-0.1, -0.05) is 13.0 Å². The van der Waals surface area contributed by atoms with Gasteiger partial charge in [0.05, 0.1) is 0 Å². The van der Waals surface area contributed by atoms with Crippen molar-refractivity contribution in [1.82, 2.24) is 0 Å². The summed E-state index contributed by atoms with van der Waals surface area (Å²) in [5, 5.41) is 6.74. The van der Waals surface area contributed by atoms with Crippen LogP contribution < -0.4 is 0 Å². The fraction of sp³-hybridized carbons (Fsp3) is 0.667. The van der Waals surface area contributed by atoms with Gasteiger partial charge in [0.1, 0.15) is 0 Å². The average molecular weight is 264 g/mol. The van der Waals surface area contributed by atoms with Gasteiger partial charge in [-0.05, 0) is 42.5 Å². The third kappa shape index (κ3) is 2.93. The number of rotatable bonds is 6. The number of hydrogen-bond donors (Lipinski definition) is 1. The molecule has 1 aromatic heterocycles. The first-order valence-electron chi connectivity index (χ1n) is 7.14. The van der Waals surface area contributed by atoms with Crippen molar-refractivity contribution in [3.05, 3.63) is 33.8 Å². The van der Waals surface area contributed by atoms with Crippen LogP contribution >= 0.6 is 11.3 Å². The van der Waals surface area contributed by atoms with Crippen molar-refractivity contribution in [2.45, 2.75) is 38.6 Å². The van der Waals surface area contributed by atoms with Crippen molar-refractivity contribution in [3.63, 3.8) is 0 Å². The van der Waals surface area contributed by atoms with Crippen LogP contribution in [0.2, 0.25) is 0 Å². The Morgan fingerprint density at radius 3 is 3.17 bits per heavy atom. The highest BCUT2D eigenvalue weighted by Gasteiger charge is 2.44. The first-order valence-corrected chi connectivity index (χ1v) is 7.61. The summed E-state index contributed by atoms with van der Waals surface area (Å²) in [7, 11) is 0. The maximum Gasteiger partial charge on any atom is 0.227 e. The molecule has 0 bridgehead atoms. The van der Waals surface area contributed by atoms with Crippen molar-refractivity contribution in [2.75, 3.05) is 6.61 Å². The molecule has 2 rings (SSSR count). The molecule has 0 unspecified atom stereocenters. The minimum absolute atomic E-state index is 0.137. The summed E-state index contributed by atoms with van der Waals surface area (Å²) >= 11 is 1.81. The molecule has 1 heterocycles. The van der Waals surface area contributed by atoms with E-state index in [0.29, 0.717) is 24.4 Å². The Morgan fingerprint density at radius 2 is 2.50 bits per heavy atom. The van der Waals surface area contributed by atoms with Crippen LogP contribution in [0.4, 0.5) is 0 Å². The van der Waals surface area contributed by atoms with E-state index in [1.54, 1.807) is 0 Å². The second kappa shape index (κ2) is 6.36. The molecular weight excluding hydrogens is 242 g/mol. The first kappa shape index (κ1) is 12.2. The Hall–Kier alpha value is -0.850. The molecule has 0 saturated heterocycles. The van der Waals surface area contributed by atoms with Crippen molar-refractivity contribution in [2.24, 2.45) is 17.8 Å². The van der Waals surface area contributed by atoms with Crippen LogP contribution in [0.5, 0.6) is 0 Å². The third-order valence-electron chi connectivity index (χ3n) is 4.29. The smallest absolute Gasteiger partial charge is 0.227 e. The molecule has 0 aromatic carbocycles. The minimum Gasteiger partial charge on any atom is -0.396 e. The Kier molecular flexibility index (Phi) is 4.31. The van der Waals surface area contributed by atoms with E-state index in [2.05, 4.69) is 34.4 Å². The zero-order chi connectivity index (χ0) is 13.7. The van der Waals surface area contributed by atoms with Gasteiger partial charge in [0, 0.05) is 23.8 Å². The van der Waals surface area contributed by atoms with Gasteiger partial charge in [0.2, 0.25) is 7.47 Å². The van der Waals surface area contributed by atoms with Gasteiger partial charge >= 0.3 is 0 Å². The van der Waals surface area contributed by atoms with Gasteiger partial charge < -0.3 is 9.95 Å². The van der Waals surface area contributed by atoms with E-state index in [0.717, 1.165) is 25.7 Å². The molecule has 1 N–H and O–H groups in total. The standard InChI is InChI=1S/C15H21NOS/c1-11-9-15(16-2)13(14(11)10-17)7-3-5-12-6-4-8-18-12/h4,6,8,11,13-15,17H,3,5,7,9-10H2,1H3/t11-,13-,14+,15-/m1/s1/i17D. The molecule has 4 atom stereocenters. The summed E-state index contributed by atoms with van der Waals surface area (Å²) in [4.78, 5) is 5.23.